The van der Waals surface area contributed by atoms with Crippen molar-refractivity contribution in [1.29, 1.82) is 0 Å². The fourth-order valence-electron chi connectivity index (χ4n) is 2.37. The summed E-state index contributed by atoms with van der Waals surface area (Å²) in [6.07, 6.45) is 2.74. The highest BCUT2D eigenvalue weighted by molar-refractivity contribution is 5.76. The molecule has 1 aromatic heterocycles. The van der Waals surface area contributed by atoms with Crippen LogP contribution in [-0.2, 0) is 22.6 Å². The van der Waals surface area contributed by atoms with Gasteiger partial charge in [-0.1, -0.05) is 13.8 Å². The van der Waals surface area contributed by atoms with Gasteiger partial charge in [0.05, 0.1) is 19.2 Å². The zero-order chi connectivity index (χ0) is 13.1. The first-order chi connectivity index (χ1) is 8.60. The first-order valence-electron chi connectivity index (χ1n) is 6.54. The fourth-order valence-corrected chi connectivity index (χ4v) is 2.37. The second-order valence-electron chi connectivity index (χ2n) is 5.38. The Morgan fingerprint density at radius 2 is 2.28 bits per heavy atom. The standard InChI is InChI=1S/C14H22N2O2/c1-11(2)7-14(17)16-8-12-5-4-6-15(12)9-13(10-16)18-3/h4-6,11,13H,7-10H2,1-3H3/t13-/m1/s1. The second kappa shape index (κ2) is 5.57. The zero-order valence-electron chi connectivity index (χ0n) is 11.4. The lowest BCUT2D eigenvalue weighted by atomic mass is 10.1. The monoisotopic (exact) mass is 250 g/mol. The van der Waals surface area contributed by atoms with E-state index in [1.807, 2.05) is 11.0 Å². The van der Waals surface area contributed by atoms with Gasteiger partial charge in [-0.15, -0.1) is 0 Å². The van der Waals surface area contributed by atoms with E-state index in [4.69, 9.17) is 4.74 Å². The molecule has 0 unspecified atom stereocenters. The molecule has 2 heterocycles. The number of carbonyl (C=O) groups excluding carboxylic acids is 1. The van der Waals surface area contributed by atoms with Gasteiger partial charge < -0.3 is 14.2 Å². The van der Waals surface area contributed by atoms with E-state index >= 15 is 0 Å². The summed E-state index contributed by atoms with van der Waals surface area (Å²) in [6, 6.07) is 4.10. The van der Waals surface area contributed by atoms with Crippen molar-refractivity contribution in [2.24, 2.45) is 5.92 Å². The van der Waals surface area contributed by atoms with Crippen LogP contribution in [0.15, 0.2) is 18.3 Å². The van der Waals surface area contributed by atoms with E-state index in [-0.39, 0.29) is 12.0 Å². The van der Waals surface area contributed by atoms with Crippen LogP contribution in [0.1, 0.15) is 26.0 Å². The Morgan fingerprint density at radius 1 is 1.50 bits per heavy atom. The highest BCUT2D eigenvalue weighted by Crippen LogP contribution is 2.17. The van der Waals surface area contributed by atoms with Crippen LogP contribution in [0.5, 0.6) is 0 Å². The molecule has 0 saturated heterocycles. The van der Waals surface area contributed by atoms with E-state index in [2.05, 4.69) is 30.7 Å². The van der Waals surface area contributed by atoms with Crippen LogP contribution in [0.4, 0.5) is 0 Å². The molecule has 1 amide bonds. The highest BCUT2D eigenvalue weighted by atomic mass is 16.5. The second-order valence-corrected chi connectivity index (χ2v) is 5.38. The van der Waals surface area contributed by atoms with Gasteiger partial charge in [-0.2, -0.15) is 0 Å². The number of fused-ring (bicyclic) bond motifs is 1. The topological polar surface area (TPSA) is 34.5 Å². The van der Waals surface area contributed by atoms with Crippen LogP contribution < -0.4 is 0 Å². The van der Waals surface area contributed by atoms with E-state index in [0.717, 1.165) is 6.54 Å². The van der Waals surface area contributed by atoms with Crippen molar-refractivity contribution in [3.63, 3.8) is 0 Å². The minimum Gasteiger partial charge on any atom is -0.378 e. The summed E-state index contributed by atoms with van der Waals surface area (Å²) in [5, 5.41) is 0. The predicted molar refractivity (Wildman–Crippen MR) is 70.1 cm³/mol. The largest absolute Gasteiger partial charge is 0.378 e. The summed E-state index contributed by atoms with van der Waals surface area (Å²) >= 11 is 0. The smallest absolute Gasteiger partial charge is 0.223 e. The Kier molecular flexibility index (Phi) is 4.07. The molecule has 0 saturated carbocycles. The van der Waals surface area contributed by atoms with E-state index in [0.29, 0.717) is 25.4 Å². The fraction of sp³-hybridized carbons (Fsp3) is 0.643. The number of hydrogen-bond donors (Lipinski definition) is 0. The number of hydrogen-bond acceptors (Lipinski definition) is 2. The number of carbonyl (C=O) groups is 1. The lowest BCUT2D eigenvalue weighted by Crippen LogP contribution is -2.37. The number of methoxy groups -OCH3 is 1. The summed E-state index contributed by atoms with van der Waals surface area (Å²) in [5.41, 5.74) is 1.19. The van der Waals surface area contributed by atoms with Crippen molar-refractivity contribution in [3.05, 3.63) is 24.0 Å². The van der Waals surface area contributed by atoms with Gasteiger partial charge in [0.25, 0.3) is 0 Å². The molecule has 0 spiro atoms. The van der Waals surface area contributed by atoms with Crippen LogP contribution in [0.3, 0.4) is 0 Å². The molecule has 1 aromatic rings. The molecular formula is C14H22N2O2. The molecule has 0 N–H and O–H groups in total. The Morgan fingerprint density at radius 3 is 2.94 bits per heavy atom. The predicted octanol–water partition coefficient (Wildman–Crippen LogP) is 1.89. The summed E-state index contributed by atoms with van der Waals surface area (Å²) in [5.74, 6) is 0.621. The van der Waals surface area contributed by atoms with Gasteiger partial charge in [0.15, 0.2) is 0 Å². The van der Waals surface area contributed by atoms with E-state index in [1.165, 1.54) is 5.69 Å². The maximum absolute atomic E-state index is 12.2. The SMILES string of the molecule is CO[C@H]1CN(C(=O)CC(C)C)Cc2cccn2C1. The first-order valence-corrected chi connectivity index (χ1v) is 6.54. The Labute approximate surface area is 109 Å². The molecule has 1 aliphatic heterocycles. The normalized spacial score (nSPS) is 19.8. The quantitative estimate of drug-likeness (QED) is 0.821. The molecule has 0 bridgehead atoms. The Hall–Kier alpha value is -1.29. The zero-order valence-corrected chi connectivity index (χ0v) is 11.4. The van der Waals surface area contributed by atoms with Crippen molar-refractivity contribution in [2.75, 3.05) is 13.7 Å². The van der Waals surface area contributed by atoms with E-state index in [1.54, 1.807) is 7.11 Å². The number of aromatic nitrogens is 1. The van der Waals surface area contributed by atoms with Crippen molar-refractivity contribution in [3.8, 4) is 0 Å². The Bertz CT molecular complexity index is 412. The van der Waals surface area contributed by atoms with Crippen molar-refractivity contribution >= 4 is 5.91 Å². The molecule has 1 aliphatic rings. The van der Waals surface area contributed by atoms with Crippen molar-refractivity contribution in [2.45, 2.75) is 39.5 Å². The highest BCUT2D eigenvalue weighted by Gasteiger charge is 2.24. The summed E-state index contributed by atoms with van der Waals surface area (Å²) in [6.45, 7) is 6.35. The van der Waals surface area contributed by atoms with Crippen LogP contribution in [0.25, 0.3) is 0 Å². The number of nitrogens with zero attached hydrogens (tertiary/aromatic N) is 2. The van der Waals surface area contributed by atoms with Gasteiger partial charge in [0, 0.05) is 32.0 Å². The van der Waals surface area contributed by atoms with Gasteiger partial charge in [0.2, 0.25) is 5.91 Å². The molecule has 18 heavy (non-hydrogen) atoms. The van der Waals surface area contributed by atoms with E-state index < -0.39 is 0 Å². The minimum absolute atomic E-state index is 0.0785. The van der Waals surface area contributed by atoms with E-state index in [9.17, 15) is 4.79 Å². The first kappa shape index (κ1) is 13.1. The molecule has 2 rings (SSSR count). The number of rotatable bonds is 3. The molecule has 0 aliphatic carbocycles. The summed E-state index contributed by atoms with van der Waals surface area (Å²) in [4.78, 5) is 14.1. The van der Waals surface area contributed by atoms with Crippen LogP contribution in [0.2, 0.25) is 0 Å². The van der Waals surface area contributed by atoms with Crippen LogP contribution >= 0.6 is 0 Å². The van der Waals surface area contributed by atoms with Gasteiger partial charge in [-0.3, -0.25) is 4.79 Å². The van der Waals surface area contributed by atoms with Gasteiger partial charge in [0.1, 0.15) is 0 Å². The third kappa shape index (κ3) is 2.93. The molecule has 1 atom stereocenters. The molecule has 4 nitrogen and oxygen atoms in total. The molecule has 4 heteroatoms. The summed E-state index contributed by atoms with van der Waals surface area (Å²) < 4.78 is 7.65. The minimum atomic E-state index is 0.0785. The van der Waals surface area contributed by atoms with Crippen LogP contribution in [0, 0.1) is 5.92 Å². The van der Waals surface area contributed by atoms with Gasteiger partial charge in [-0.25, -0.2) is 0 Å². The maximum atomic E-state index is 12.2. The average molecular weight is 250 g/mol. The lowest BCUT2D eigenvalue weighted by molar-refractivity contribution is -0.134. The maximum Gasteiger partial charge on any atom is 0.223 e. The molecule has 0 radical (unpaired) electrons. The average Bonchev–Trinajstić information content (AvgIpc) is 2.65. The number of ether oxygens (including phenoxy) is 1. The van der Waals surface area contributed by atoms with Gasteiger partial charge in [-0.05, 0) is 18.1 Å². The third-order valence-corrected chi connectivity index (χ3v) is 3.37. The van der Waals surface area contributed by atoms with Crippen LogP contribution in [-0.4, -0.2) is 35.1 Å². The van der Waals surface area contributed by atoms with Crippen molar-refractivity contribution in [1.82, 2.24) is 9.47 Å². The summed E-state index contributed by atoms with van der Waals surface area (Å²) in [7, 11) is 1.71. The number of amides is 1. The molecule has 100 valence electrons. The lowest BCUT2D eigenvalue weighted by Gasteiger charge is -2.24. The van der Waals surface area contributed by atoms with Crippen molar-refractivity contribution < 1.29 is 9.53 Å². The van der Waals surface area contributed by atoms with Gasteiger partial charge >= 0.3 is 0 Å². The molecular weight excluding hydrogens is 228 g/mol. The molecule has 0 fully saturated rings. The molecule has 0 aromatic carbocycles. The Balaban J connectivity index is 2.14. The third-order valence-electron chi connectivity index (χ3n) is 3.37.